The fourth-order valence-electron chi connectivity index (χ4n) is 3.68. The van der Waals surface area contributed by atoms with Crippen molar-refractivity contribution in [3.8, 4) is 5.75 Å². The van der Waals surface area contributed by atoms with E-state index in [4.69, 9.17) is 20.8 Å². The van der Waals surface area contributed by atoms with Crippen LogP contribution in [0.15, 0.2) is 45.6 Å². The standard InChI is InChI=1S/C22H22ClNO3/c1-3-4-5-15-11-20(25)27-22-14(2)21-16(10-19(15)22)12-24(13-26-21)18-8-6-17(23)7-9-18/h6-11H,3-5,12-13H2,1-2H3. The van der Waals surface area contributed by atoms with Crippen LogP contribution < -0.4 is 15.3 Å². The lowest BCUT2D eigenvalue weighted by Crippen LogP contribution is -2.32. The number of rotatable bonds is 4. The van der Waals surface area contributed by atoms with E-state index in [2.05, 4.69) is 17.9 Å². The molecule has 0 N–H and O–H groups in total. The lowest BCUT2D eigenvalue weighted by atomic mass is 9.98. The van der Waals surface area contributed by atoms with Crippen molar-refractivity contribution in [3.05, 3.63) is 68.5 Å². The number of anilines is 1. The maximum absolute atomic E-state index is 12.0. The summed E-state index contributed by atoms with van der Waals surface area (Å²) in [4.78, 5) is 14.2. The predicted octanol–water partition coefficient (Wildman–Crippen LogP) is 5.45. The second-order valence-corrected chi connectivity index (χ2v) is 7.44. The van der Waals surface area contributed by atoms with Gasteiger partial charge in [0.15, 0.2) is 6.73 Å². The third kappa shape index (κ3) is 3.42. The van der Waals surface area contributed by atoms with Crippen molar-refractivity contribution in [1.29, 1.82) is 0 Å². The minimum atomic E-state index is -0.296. The molecule has 0 unspecified atom stereocenters. The van der Waals surface area contributed by atoms with Gasteiger partial charge in [-0.3, -0.25) is 0 Å². The Morgan fingerprint density at radius 1 is 1.19 bits per heavy atom. The molecule has 0 atom stereocenters. The second kappa shape index (κ2) is 7.28. The third-order valence-corrected chi connectivity index (χ3v) is 5.35. The number of hydrogen-bond donors (Lipinski definition) is 0. The molecule has 2 heterocycles. The van der Waals surface area contributed by atoms with Gasteiger partial charge in [-0.2, -0.15) is 0 Å². The molecule has 1 aromatic heterocycles. The molecule has 5 heteroatoms. The van der Waals surface area contributed by atoms with Crippen LogP contribution in [-0.4, -0.2) is 6.73 Å². The van der Waals surface area contributed by atoms with Crippen molar-refractivity contribution >= 4 is 28.3 Å². The molecule has 0 saturated carbocycles. The Morgan fingerprint density at radius 2 is 1.96 bits per heavy atom. The first-order chi connectivity index (χ1) is 13.1. The zero-order valence-corrected chi connectivity index (χ0v) is 16.3. The summed E-state index contributed by atoms with van der Waals surface area (Å²) in [5, 5.41) is 1.73. The molecule has 1 aliphatic rings. The summed E-state index contributed by atoms with van der Waals surface area (Å²) in [7, 11) is 0. The van der Waals surface area contributed by atoms with Crippen molar-refractivity contribution in [3.63, 3.8) is 0 Å². The zero-order chi connectivity index (χ0) is 19.0. The zero-order valence-electron chi connectivity index (χ0n) is 15.5. The first-order valence-corrected chi connectivity index (χ1v) is 9.67. The lowest BCUT2D eigenvalue weighted by molar-refractivity contribution is 0.287. The van der Waals surface area contributed by atoms with Gasteiger partial charge in [-0.1, -0.05) is 24.9 Å². The summed E-state index contributed by atoms with van der Waals surface area (Å²) in [5.74, 6) is 0.823. The quantitative estimate of drug-likeness (QED) is 0.561. The fraction of sp³-hybridized carbons (Fsp3) is 0.318. The molecule has 3 aromatic rings. The first kappa shape index (κ1) is 17.9. The summed E-state index contributed by atoms with van der Waals surface area (Å²) < 4.78 is 11.6. The van der Waals surface area contributed by atoms with E-state index in [1.807, 2.05) is 31.2 Å². The van der Waals surface area contributed by atoms with Crippen LogP contribution in [0.4, 0.5) is 5.69 Å². The van der Waals surface area contributed by atoms with Gasteiger partial charge in [-0.15, -0.1) is 0 Å². The smallest absolute Gasteiger partial charge is 0.336 e. The van der Waals surface area contributed by atoms with Crippen molar-refractivity contribution in [2.24, 2.45) is 0 Å². The van der Waals surface area contributed by atoms with Gasteiger partial charge in [0.05, 0.1) is 0 Å². The highest BCUT2D eigenvalue weighted by Crippen LogP contribution is 2.37. The molecule has 27 heavy (non-hydrogen) atoms. The van der Waals surface area contributed by atoms with Crippen LogP contribution in [0.25, 0.3) is 11.0 Å². The molecule has 1 aliphatic heterocycles. The molecule has 0 aliphatic carbocycles. The van der Waals surface area contributed by atoms with Crippen LogP contribution in [0.3, 0.4) is 0 Å². The molecule has 140 valence electrons. The van der Waals surface area contributed by atoms with E-state index < -0.39 is 0 Å². The number of unbranched alkanes of at least 4 members (excludes halogenated alkanes) is 1. The molecule has 0 radical (unpaired) electrons. The van der Waals surface area contributed by atoms with E-state index in [9.17, 15) is 4.79 Å². The van der Waals surface area contributed by atoms with E-state index >= 15 is 0 Å². The summed E-state index contributed by atoms with van der Waals surface area (Å²) in [6.07, 6.45) is 3.00. The number of hydrogen-bond acceptors (Lipinski definition) is 4. The fourth-order valence-corrected chi connectivity index (χ4v) is 3.80. The largest absolute Gasteiger partial charge is 0.472 e. The Labute approximate surface area is 163 Å². The molecule has 0 fully saturated rings. The number of aryl methyl sites for hydroxylation is 2. The predicted molar refractivity (Wildman–Crippen MR) is 109 cm³/mol. The van der Waals surface area contributed by atoms with Gasteiger partial charge in [0.1, 0.15) is 11.3 Å². The Bertz CT molecular complexity index is 1040. The number of halogens is 1. The molecule has 4 rings (SSSR count). The van der Waals surface area contributed by atoms with Gasteiger partial charge in [-0.05, 0) is 55.7 Å². The van der Waals surface area contributed by atoms with Gasteiger partial charge < -0.3 is 14.1 Å². The Morgan fingerprint density at radius 3 is 2.70 bits per heavy atom. The highest BCUT2D eigenvalue weighted by atomic mass is 35.5. The Hall–Kier alpha value is -2.46. The van der Waals surface area contributed by atoms with E-state index in [1.54, 1.807) is 6.07 Å². The highest BCUT2D eigenvalue weighted by molar-refractivity contribution is 6.30. The lowest BCUT2D eigenvalue weighted by Gasteiger charge is -2.32. The van der Waals surface area contributed by atoms with Crippen LogP contribution in [0.5, 0.6) is 5.75 Å². The molecule has 0 bridgehead atoms. The highest BCUT2D eigenvalue weighted by Gasteiger charge is 2.23. The molecule has 0 amide bonds. The molecule has 0 spiro atoms. The topological polar surface area (TPSA) is 42.7 Å². The molecular weight excluding hydrogens is 362 g/mol. The van der Waals surface area contributed by atoms with Gasteiger partial charge in [0.2, 0.25) is 0 Å². The van der Waals surface area contributed by atoms with Crippen molar-refractivity contribution < 1.29 is 9.15 Å². The Balaban J connectivity index is 1.78. The third-order valence-electron chi connectivity index (χ3n) is 5.09. The van der Waals surface area contributed by atoms with Crippen LogP contribution in [0.1, 0.15) is 36.5 Å². The average Bonchev–Trinajstić information content (AvgIpc) is 2.67. The monoisotopic (exact) mass is 383 g/mol. The number of ether oxygens (including phenoxy) is 1. The van der Waals surface area contributed by atoms with Gasteiger partial charge >= 0.3 is 5.63 Å². The SMILES string of the molecule is CCCCc1cc(=O)oc2c(C)c3c(cc12)CN(c1ccc(Cl)cc1)CO3. The normalized spacial score (nSPS) is 13.5. The van der Waals surface area contributed by atoms with E-state index in [0.29, 0.717) is 12.3 Å². The van der Waals surface area contributed by atoms with Gasteiger partial charge in [-0.25, -0.2) is 4.79 Å². The van der Waals surface area contributed by atoms with Crippen molar-refractivity contribution in [2.75, 3.05) is 11.6 Å². The van der Waals surface area contributed by atoms with Crippen molar-refractivity contribution in [1.82, 2.24) is 0 Å². The summed E-state index contributed by atoms with van der Waals surface area (Å²) >= 11 is 6.00. The van der Waals surface area contributed by atoms with E-state index in [0.717, 1.165) is 64.3 Å². The van der Waals surface area contributed by atoms with Gasteiger partial charge in [0, 0.05) is 39.8 Å². The van der Waals surface area contributed by atoms with Crippen LogP contribution in [0.2, 0.25) is 5.02 Å². The molecule has 0 saturated heterocycles. The van der Waals surface area contributed by atoms with Gasteiger partial charge in [0.25, 0.3) is 0 Å². The number of fused-ring (bicyclic) bond motifs is 2. The molecule has 4 nitrogen and oxygen atoms in total. The van der Waals surface area contributed by atoms with Crippen LogP contribution >= 0.6 is 11.6 Å². The summed E-state index contributed by atoms with van der Waals surface area (Å²) in [6.45, 7) is 5.30. The minimum Gasteiger partial charge on any atom is -0.472 e. The van der Waals surface area contributed by atoms with Crippen LogP contribution in [-0.2, 0) is 13.0 Å². The average molecular weight is 384 g/mol. The summed E-state index contributed by atoms with van der Waals surface area (Å²) in [5.41, 5.74) is 4.47. The minimum absolute atomic E-state index is 0.296. The van der Waals surface area contributed by atoms with Crippen LogP contribution in [0, 0.1) is 6.92 Å². The van der Waals surface area contributed by atoms with Crippen molar-refractivity contribution in [2.45, 2.75) is 39.7 Å². The Kier molecular flexibility index (Phi) is 4.83. The summed E-state index contributed by atoms with van der Waals surface area (Å²) in [6, 6.07) is 11.5. The first-order valence-electron chi connectivity index (χ1n) is 9.29. The maximum Gasteiger partial charge on any atom is 0.336 e. The molecular formula is C22H22ClNO3. The van der Waals surface area contributed by atoms with E-state index in [1.165, 1.54) is 0 Å². The van der Waals surface area contributed by atoms with E-state index in [-0.39, 0.29) is 5.63 Å². The molecule has 2 aromatic carbocycles. The number of nitrogens with zero attached hydrogens (tertiary/aromatic N) is 1. The number of benzene rings is 2. The maximum atomic E-state index is 12.0. The second-order valence-electron chi connectivity index (χ2n) is 7.01.